The number of ether oxygens (including phenoxy) is 2. The number of fused-ring (bicyclic) bond motifs is 1. The molecule has 2 N–H and O–H groups in total. The highest BCUT2D eigenvalue weighted by molar-refractivity contribution is 6.00. The zero-order valence-electron chi connectivity index (χ0n) is 18.6. The van der Waals surface area contributed by atoms with Gasteiger partial charge in [-0.3, -0.25) is 9.20 Å². The molecule has 0 aliphatic heterocycles. The Balaban J connectivity index is 1.38. The van der Waals surface area contributed by atoms with Gasteiger partial charge in [-0.15, -0.1) is 0 Å². The van der Waals surface area contributed by atoms with Crippen LogP contribution in [0, 0.1) is 13.8 Å². The third-order valence-corrected chi connectivity index (χ3v) is 5.04. The normalized spacial score (nSPS) is 10.6. The second-order valence-corrected chi connectivity index (χ2v) is 7.57. The summed E-state index contributed by atoms with van der Waals surface area (Å²) in [6.07, 6.45) is 1.69. The summed E-state index contributed by atoms with van der Waals surface area (Å²) in [6, 6.07) is 17.3. The van der Waals surface area contributed by atoms with E-state index < -0.39 is 0 Å². The van der Waals surface area contributed by atoms with Crippen LogP contribution in [0.1, 0.15) is 16.8 Å². The van der Waals surface area contributed by atoms with Gasteiger partial charge in [0.05, 0.1) is 18.5 Å². The molecule has 8 heteroatoms. The molecule has 8 nitrogen and oxygen atoms in total. The number of anilines is 2. The summed E-state index contributed by atoms with van der Waals surface area (Å²) < 4.78 is 12.6. The number of benzene rings is 2. The number of nitrogens with zero attached hydrogens (tertiary/aromatic N) is 2. The molecule has 2 aromatic heterocycles. The Morgan fingerprint density at radius 3 is 2.58 bits per heavy atom. The van der Waals surface area contributed by atoms with Crippen molar-refractivity contribution in [3.63, 3.8) is 0 Å². The number of nitrogens with one attached hydrogen (secondary N) is 2. The topological polar surface area (TPSA) is 94.0 Å². The van der Waals surface area contributed by atoms with E-state index in [2.05, 4.69) is 15.6 Å². The highest BCUT2D eigenvalue weighted by atomic mass is 16.5. The molecule has 0 saturated carbocycles. The molecule has 2 amide bonds. The molecule has 0 fully saturated rings. The molecule has 0 spiro atoms. The van der Waals surface area contributed by atoms with Crippen LogP contribution in [-0.2, 0) is 6.61 Å². The molecule has 0 aliphatic rings. The monoisotopic (exact) mass is 444 g/mol. The molecule has 2 heterocycles. The van der Waals surface area contributed by atoms with Gasteiger partial charge in [0.15, 0.2) is 0 Å². The van der Waals surface area contributed by atoms with Crippen molar-refractivity contribution < 1.29 is 14.3 Å². The van der Waals surface area contributed by atoms with Gasteiger partial charge in [0.25, 0.3) is 5.56 Å². The summed E-state index contributed by atoms with van der Waals surface area (Å²) in [4.78, 5) is 29.2. The average Bonchev–Trinajstić information content (AvgIpc) is 2.79. The lowest BCUT2D eigenvalue weighted by molar-refractivity contribution is 0.262. The number of urea groups is 1. The second kappa shape index (κ2) is 9.44. The van der Waals surface area contributed by atoms with Gasteiger partial charge in [-0.25, -0.2) is 9.78 Å². The molecule has 0 atom stereocenters. The smallest absolute Gasteiger partial charge is 0.323 e. The van der Waals surface area contributed by atoms with E-state index in [1.807, 2.05) is 38.1 Å². The van der Waals surface area contributed by atoms with Gasteiger partial charge in [-0.1, -0.05) is 12.1 Å². The second-order valence-electron chi connectivity index (χ2n) is 7.57. The maximum atomic E-state index is 12.4. The summed E-state index contributed by atoms with van der Waals surface area (Å²) in [6.45, 7) is 4.00. The van der Waals surface area contributed by atoms with Crippen molar-refractivity contribution >= 4 is 23.1 Å². The SMILES string of the molecule is COc1ccc(C)cc1NC(=O)Nc1ccc(OCc2cc(=O)n3cccc(C)c3n2)cc1. The molecule has 33 heavy (non-hydrogen) atoms. The minimum Gasteiger partial charge on any atom is -0.495 e. The van der Waals surface area contributed by atoms with Gasteiger partial charge < -0.3 is 20.1 Å². The fourth-order valence-electron chi connectivity index (χ4n) is 3.38. The van der Waals surface area contributed by atoms with Gasteiger partial charge in [-0.05, 0) is 67.4 Å². The summed E-state index contributed by atoms with van der Waals surface area (Å²) in [5.74, 6) is 1.17. The first-order chi connectivity index (χ1) is 15.9. The number of hydrogen-bond donors (Lipinski definition) is 2. The van der Waals surface area contributed by atoms with Crippen molar-refractivity contribution in [2.24, 2.45) is 0 Å². The van der Waals surface area contributed by atoms with Gasteiger partial charge >= 0.3 is 6.03 Å². The summed E-state index contributed by atoms with van der Waals surface area (Å²) in [5.41, 5.74) is 4.11. The Kier molecular flexibility index (Phi) is 6.26. The highest BCUT2D eigenvalue weighted by Crippen LogP contribution is 2.25. The van der Waals surface area contributed by atoms with Crippen molar-refractivity contribution in [1.82, 2.24) is 9.38 Å². The third kappa shape index (κ3) is 5.12. The number of aromatic nitrogens is 2. The molecular weight excluding hydrogens is 420 g/mol. The van der Waals surface area contributed by atoms with E-state index >= 15 is 0 Å². The lowest BCUT2D eigenvalue weighted by Gasteiger charge is -2.12. The van der Waals surface area contributed by atoms with Crippen LogP contribution in [0.3, 0.4) is 0 Å². The Labute approximate surface area is 190 Å². The Bertz CT molecular complexity index is 1360. The molecular formula is C25H24N4O4. The van der Waals surface area contributed by atoms with Crippen LogP contribution in [0.2, 0.25) is 0 Å². The third-order valence-electron chi connectivity index (χ3n) is 5.04. The predicted octanol–water partition coefficient (Wildman–Crippen LogP) is 4.54. The van der Waals surface area contributed by atoms with E-state index in [0.29, 0.717) is 34.2 Å². The van der Waals surface area contributed by atoms with Crippen LogP contribution in [0.5, 0.6) is 11.5 Å². The van der Waals surface area contributed by atoms with Crippen LogP contribution < -0.4 is 25.7 Å². The number of methoxy groups -OCH3 is 1. The zero-order valence-corrected chi connectivity index (χ0v) is 18.6. The zero-order chi connectivity index (χ0) is 23.4. The fourth-order valence-corrected chi connectivity index (χ4v) is 3.38. The minimum atomic E-state index is -0.385. The van der Waals surface area contributed by atoms with Crippen LogP contribution in [0.15, 0.2) is 71.7 Å². The number of carbonyl (C=O) groups is 1. The Hall–Kier alpha value is -4.33. The van der Waals surface area contributed by atoms with E-state index in [-0.39, 0.29) is 18.2 Å². The van der Waals surface area contributed by atoms with E-state index in [4.69, 9.17) is 9.47 Å². The molecule has 4 rings (SSSR count). The Morgan fingerprint density at radius 2 is 1.82 bits per heavy atom. The van der Waals surface area contributed by atoms with Gasteiger partial charge in [0, 0.05) is 18.0 Å². The average molecular weight is 444 g/mol. The van der Waals surface area contributed by atoms with Crippen molar-refractivity contribution in [3.8, 4) is 11.5 Å². The molecule has 0 unspecified atom stereocenters. The first-order valence-corrected chi connectivity index (χ1v) is 10.4. The maximum Gasteiger partial charge on any atom is 0.323 e. The molecule has 0 radical (unpaired) electrons. The quantitative estimate of drug-likeness (QED) is 0.455. The standard InChI is InChI=1S/C25H24N4O4/c1-16-6-11-22(32-3)21(13-16)28-25(31)27-18-7-9-20(10-8-18)33-15-19-14-23(30)29-12-4-5-17(2)24(29)26-19/h4-14H,15H2,1-3H3,(H2,27,28,31). The molecule has 0 aliphatic carbocycles. The number of hydrogen-bond acceptors (Lipinski definition) is 5. The van der Waals surface area contributed by atoms with Gasteiger partial charge in [0.2, 0.25) is 0 Å². The summed E-state index contributed by atoms with van der Waals surface area (Å²) in [5, 5.41) is 5.57. The van der Waals surface area contributed by atoms with Crippen LogP contribution in [-0.4, -0.2) is 22.5 Å². The highest BCUT2D eigenvalue weighted by Gasteiger charge is 2.09. The van der Waals surface area contributed by atoms with E-state index in [9.17, 15) is 9.59 Å². The van der Waals surface area contributed by atoms with Crippen LogP contribution in [0.4, 0.5) is 16.2 Å². The number of aryl methyl sites for hydroxylation is 2. The lowest BCUT2D eigenvalue weighted by Crippen LogP contribution is -2.19. The summed E-state index contributed by atoms with van der Waals surface area (Å²) in [7, 11) is 1.55. The first kappa shape index (κ1) is 21.9. The van der Waals surface area contributed by atoms with Gasteiger partial charge in [0.1, 0.15) is 23.8 Å². The fraction of sp³-hybridized carbons (Fsp3) is 0.160. The van der Waals surface area contributed by atoms with Crippen molar-refractivity contribution in [2.45, 2.75) is 20.5 Å². The Morgan fingerprint density at radius 1 is 1.03 bits per heavy atom. The van der Waals surface area contributed by atoms with Crippen LogP contribution >= 0.6 is 0 Å². The molecule has 2 aromatic carbocycles. The molecule has 4 aromatic rings. The molecule has 168 valence electrons. The summed E-state index contributed by atoms with van der Waals surface area (Å²) >= 11 is 0. The number of amides is 2. The van der Waals surface area contributed by atoms with Crippen molar-refractivity contribution in [3.05, 3.63) is 94.0 Å². The largest absolute Gasteiger partial charge is 0.495 e. The predicted molar refractivity (Wildman–Crippen MR) is 127 cm³/mol. The van der Waals surface area contributed by atoms with E-state index in [1.54, 1.807) is 43.6 Å². The molecule has 0 saturated heterocycles. The van der Waals surface area contributed by atoms with Gasteiger partial charge in [-0.2, -0.15) is 0 Å². The van der Waals surface area contributed by atoms with E-state index in [1.165, 1.54) is 10.5 Å². The van der Waals surface area contributed by atoms with E-state index in [0.717, 1.165) is 11.1 Å². The molecule has 0 bridgehead atoms. The number of pyridine rings is 1. The minimum absolute atomic E-state index is 0.153. The van der Waals surface area contributed by atoms with Crippen molar-refractivity contribution in [2.75, 3.05) is 17.7 Å². The number of rotatable bonds is 6. The van der Waals surface area contributed by atoms with Crippen LogP contribution in [0.25, 0.3) is 5.65 Å². The number of carbonyl (C=O) groups excluding carboxylic acids is 1. The van der Waals surface area contributed by atoms with Crippen molar-refractivity contribution in [1.29, 1.82) is 0 Å². The lowest BCUT2D eigenvalue weighted by atomic mass is 10.2. The maximum absolute atomic E-state index is 12.4. The first-order valence-electron chi connectivity index (χ1n) is 10.4.